The van der Waals surface area contributed by atoms with Gasteiger partial charge in [-0.1, -0.05) is 80.4 Å². The highest BCUT2D eigenvalue weighted by Gasteiger charge is 2.34. The lowest BCUT2D eigenvalue weighted by Gasteiger charge is -2.33. The van der Waals surface area contributed by atoms with E-state index in [0.717, 1.165) is 15.4 Å². The van der Waals surface area contributed by atoms with E-state index >= 15 is 0 Å². The van der Waals surface area contributed by atoms with Crippen LogP contribution in [0, 0.1) is 12.8 Å². The van der Waals surface area contributed by atoms with Gasteiger partial charge >= 0.3 is 0 Å². The van der Waals surface area contributed by atoms with E-state index < -0.39 is 28.5 Å². The van der Waals surface area contributed by atoms with Crippen LogP contribution < -0.4 is 14.4 Å². The van der Waals surface area contributed by atoms with E-state index in [0.29, 0.717) is 18.7 Å². The van der Waals surface area contributed by atoms with Crippen LogP contribution in [0.15, 0.2) is 77.7 Å². The molecule has 0 aliphatic heterocycles. The molecule has 8 nitrogen and oxygen atoms in total. The highest BCUT2D eigenvalue weighted by atomic mass is 35.5. The minimum absolute atomic E-state index is 0.0201. The van der Waals surface area contributed by atoms with E-state index in [9.17, 15) is 18.0 Å². The van der Waals surface area contributed by atoms with Gasteiger partial charge in [0, 0.05) is 13.1 Å². The Morgan fingerprint density at radius 2 is 1.71 bits per heavy atom. The molecule has 3 aromatic carbocycles. The van der Waals surface area contributed by atoms with Gasteiger partial charge in [-0.3, -0.25) is 13.9 Å². The fourth-order valence-corrected chi connectivity index (χ4v) is 6.09. The second-order valence-corrected chi connectivity index (χ2v) is 12.5. The van der Waals surface area contributed by atoms with Crippen LogP contribution in [0.5, 0.6) is 5.75 Å². The lowest BCUT2D eigenvalue weighted by molar-refractivity contribution is -0.140. The summed E-state index contributed by atoms with van der Waals surface area (Å²) in [6, 6.07) is 19.3. The summed E-state index contributed by atoms with van der Waals surface area (Å²) >= 11 is 6.37. The predicted molar refractivity (Wildman–Crippen MR) is 163 cm³/mol. The van der Waals surface area contributed by atoms with Crippen molar-refractivity contribution in [2.24, 2.45) is 5.92 Å². The average molecular weight is 600 g/mol. The number of nitrogens with one attached hydrogen (secondary N) is 1. The van der Waals surface area contributed by atoms with Crippen LogP contribution in [0.25, 0.3) is 0 Å². The molecule has 0 saturated carbocycles. The number of ether oxygens (including phenoxy) is 1. The van der Waals surface area contributed by atoms with Crippen molar-refractivity contribution in [3.8, 4) is 5.75 Å². The van der Waals surface area contributed by atoms with Crippen molar-refractivity contribution in [3.63, 3.8) is 0 Å². The Morgan fingerprint density at radius 1 is 1.00 bits per heavy atom. The number of nitrogens with zero attached hydrogens (tertiary/aromatic N) is 2. The van der Waals surface area contributed by atoms with E-state index in [-0.39, 0.29) is 34.0 Å². The third kappa shape index (κ3) is 8.24. The third-order valence-corrected chi connectivity index (χ3v) is 8.62. The van der Waals surface area contributed by atoms with Gasteiger partial charge in [0.15, 0.2) is 0 Å². The molecule has 3 rings (SSSR count). The van der Waals surface area contributed by atoms with Crippen LogP contribution in [0.3, 0.4) is 0 Å². The smallest absolute Gasteiger partial charge is 0.264 e. The molecule has 2 amide bonds. The zero-order valence-corrected chi connectivity index (χ0v) is 25.7. The van der Waals surface area contributed by atoms with Crippen molar-refractivity contribution in [1.82, 2.24) is 10.2 Å². The van der Waals surface area contributed by atoms with Gasteiger partial charge in [0.1, 0.15) is 18.3 Å². The number of hydrogen-bond acceptors (Lipinski definition) is 5. The lowest BCUT2D eigenvalue weighted by Crippen LogP contribution is -2.52. The lowest BCUT2D eigenvalue weighted by atomic mass is 10.1. The highest BCUT2D eigenvalue weighted by molar-refractivity contribution is 7.92. The predicted octanol–water partition coefficient (Wildman–Crippen LogP) is 5.43. The molecule has 1 N–H and O–H groups in total. The molecule has 41 heavy (non-hydrogen) atoms. The Bertz CT molecular complexity index is 1450. The van der Waals surface area contributed by atoms with Crippen molar-refractivity contribution in [3.05, 3.63) is 88.9 Å². The molecule has 0 aromatic heterocycles. The van der Waals surface area contributed by atoms with Crippen LogP contribution in [0.1, 0.15) is 38.3 Å². The second-order valence-electron chi connectivity index (χ2n) is 10.2. The number of amides is 2. The van der Waals surface area contributed by atoms with E-state index in [1.807, 2.05) is 52.0 Å². The number of carbonyl (C=O) groups is 2. The summed E-state index contributed by atoms with van der Waals surface area (Å²) in [4.78, 5) is 28.9. The minimum atomic E-state index is -4.19. The van der Waals surface area contributed by atoms with Crippen LogP contribution >= 0.6 is 11.6 Å². The summed E-state index contributed by atoms with van der Waals surface area (Å²) in [5.74, 6) is -0.215. The molecule has 0 unspecified atom stereocenters. The van der Waals surface area contributed by atoms with Crippen LogP contribution in [-0.2, 0) is 26.2 Å². The van der Waals surface area contributed by atoms with E-state index in [4.69, 9.17) is 16.3 Å². The quantitative estimate of drug-likeness (QED) is 0.283. The Morgan fingerprint density at radius 3 is 2.29 bits per heavy atom. The van der Waals surface area contributed by atoms with E-state index in [1.165, 1.54) is 36.3 Å². The van der Waals surface area contributed by atoms with Gasteiger partial charge in [0.05, 0.1) is 22.7 Å². The molecule has 0 saturated heterocycles. The minimum Gasteiger partial charge on any atom is -0.495 e. The second kappa shape index (κ2) is 14.4. The van der Waals surface area contributed by atoms with Gasteiger partial charge in [-0.05, 0) is 55.2 Å². The summed E-state index contributed by atoms with van der Waals surface area (Å²) in [5.41, 5.74) is 2.03. The maximum absolute atomic E-state index is 14.1. The van der Waals surface area contributed by atoms with Gasteiger partial charge in [-0.25, -0.2) is 8.42 Å². The van der Waals surface area contributed by atoms with Crippen molar-refractivity contribution in [2.45, 2.75) is 51.6 Å². The van der Waals surface area contributed by atoms with Crippen LogP contribution in [0.4, 0.5) is 5.69 Å². The Labute approximate surface area is 248 Å². The third-order valence-electron chi connectivity index (χ3n) is 6.54. The first-order chi connectivity index (χ1) is 19.5. The molecule has 0 aliphatic carbocycles. The number of sulfonamides is 1. The summed E-state index contributed by atoms with van der Waals surface area (Å²) in [7, 11) is -2.73. The molecule has 0 radical (unpaired) electrons. The van der Waals surface area contributed by atoms with Gasteiger partial charge < -0.3 is 15.0 Å². The van der Waals surface area contributed by atoms with Crippen LogP contribution in [-0.4, -0.2) is 51.4 Å². The van der Waals surface area contributed by atoms with Crippen LogP contribution in [0.2, 0.25) is 5.02 Å². The number of methoxy groups -OCH3 is 1. The molecule has 1 atom stereocenters. The fourth-order valence-electron chi connectivity index (χ4n) is 4.41. The first kappa shape index (κ1) is 32.0. The molecule has 0 aliphatic rings. The Balaban J connectivity index is 2.07. The molecule has 0 fully saturated rings. The van der Waals surface area contributed by atoms with Gasteiger partial charge in [-0.2, -0.15) is 0 Å². The van der Waals surface area contributed by atoms with Gasteiger partial charge in [0.25, 0.3) is 10.0 Å². The van der Waals surface area contributed by atoms with Crippen molar-refractivity contribution < 1.29 is 22.7 Å². The molecule has 0 spiro atoms. The van der Waals surface area contributed by atoms with Gasteiger partial charge in [-0.15, -0.1) is 0 Å². The molecule has 10 heteroatoms. The highest BCUT2D eigenvalue weighted by Crippen LogP contribution is 2.32. The zero-order chi connectivity index (χ0) is 30.2. The van der Waals surface area contributed by atoms with Crippen molar-refractivity contribution in [2.75, 3.05) is 24.5 Å². The number of benzene rings is 3. The molecule has 220 valence electrons. The average Bonchev–Trinajstić information content (AvgIpc) is 2.94. The summed E-state index contributed by atoms with van der Waals surface area (Å²) in [5, 5.41) is 3.13. The Hall–Kier alpha value is -3.56. The maximum Gasteiger partial charge on any atom is 0.264 e. The maximum atomic E-state index is 14.1. The molecule has 0 bridgehead atoms. The van der Waals surface area contributed by atoms with Crippen molar-refractivity contribution in [1.29, 1.82) is 0 Å². The van der Waals surface area contributed by atoms with Crippen molar-refractivity contribution >= 4 is 39.1 Å². The van der Waals surface area contributed by atoms with Gasteiger partial charge in [0.2, 0.25) is 11.8 Å². The monoisotopic (exact) mass is 599 g/mol. The van der Waals surface area contributed by atoms with E-state index in [2.05, 4.69) is 5.32 Å². The topological polar surface area (TPSA) is 96.0 Å². The molecule has 3 aromatic rings. The zero-order valence-electron chi connectivity index (χ0n) is 24.1. The number of aryl methyl sites for hydroxylation is 1. The normalized spacial score (nSPS) is 12.1. The summed E-state index contributed by atoms with van der Waals surface area (Å²) in [6.07, 6.45) is 0.348. The number of hydrogen-bond donors (Lipinski definition) is 1. The van der Waals surface area contributed by atoms with E-state index in [1.54, 1.807) is 24.3 Å². The molecular weight excluding hydrogens is 562 g/mol. The number of rotatable bonds is 13. The first-order valence-corrected chi connectivity index (χ1v) is 15.3. The largest absolute Gasteiger partial charge is 0.495 e. The number of carbonyl (C=O) groups excluding carboxylic acids is 2. The standard InChI is InChI=1S/C31H38ClN3O5S/c1-6-28(31(37)33-19-22(2)3)34(20-24-12-10-11-23(4)17-24)30(36)21-35(25-15-16-29(40-5)27(32)18-25)41(38,39)26-13-8-7-9-14-26/h7-18,22,28H,6,19-21H2,1-5H3,(H,33,37)/t28-/m0/s1. The number of anilines is 1. The first-order valence-electron chi connectivity index (χ1n) is 13.5. The number of halogens is 1. The summed E-state index contributed by atoms with van der Waals surface area (Å²) < 4.78 is 34.1. The fraction of sp³-hybridized carbons (Fsp3) is 0.355. The Kier molecular flexibility index (Phi) is 11.2. The molecule has 0 heterocycles. The summed E-state index contributed by atoms with van der Waals surface area (Å²) in [6.45, 7) is 7.81. The SMILES string of the molecule is CC[C@@H](C(=O)NCC(C)C)N(Cc1cccc(C)c1)C(=O)CN(c1ccc(OC)c(Cl)c1)S(=O)(=O)c1ccccc1. The molecular formula is C31H38ClN3O5S.